The summed E-state index contributed by atoms with van der Waals surface area (Å²) in [5.74, 6) is 0.167. The van der Waals surface area contributed by atoms with Crippen LogP contribution in [0.2, 0.25) is 0 Å². The second-order valence-corrected chi connectivity index (χ2v) is 7.61. The topological polar surface area (TPSA) is 102 Å². The van der Waals surface area contributed by atoms with Gasteiger partial charge in [0.2, 0.25) is 0 Å². The molecule has 1 aromatic carbocycles. The zero-order valence-electron chi connectivity index (χ0n) is 16.0. The lowest BCUT2D eigenvalue weighted by atomic mass is 9.79. The SMILES string of the molecule is O=C(/C(=C/Cl)C1COCC(Cc2ccccc2)O1)C1CCNCC1c1nnn[nH]1. The van der Waals surface area contributed by atoms with Gasteiger partial charge in [-0.05, 0) is 29.0 Å². The van der Waals surface area contributed by atoms with Crippen LogP contribution in [-0.4, -0.2) is 64.9 Å². The van der Waals surface area contributed by atoms with Gasteiger partial charge < -0.3 is 14.8 Å². The molecular formula is C20H24ClN5O3. The summed E-state index contributed by atoms with van der Waals surface area (Å²) in [5.41, 5.74) is 2.97. The molecule has 4 unspecified atom stereocenters. The van der Waals surface area contributed by atoms with Crippen LogP contribution in [0.3, 0.4) is 0 Å². The molecule has 4 atom stereocenters. The number of nitrogens with one attached hydrogen (secondary N) is 2. The highest BCUT2D eigenvalue weighted by atomic mass is 35.5. The summed E-state index contributed by atoms with van der Waals surface area (Å²) in [5, 5.41) is 17.4. The first-order valence-electron chi connectivity index (χ1n) is 9.82. The summed E-state index contributed by atoms with van der Waals surface area (Å²) < 4.78 is 12.0. The molecule has 2 fully saturated rings. The van der Waals surface area contributed by atoms with Gasteiger partial charge in [0.25, 0.3) is 0 Å². The van der Waals surface area contributed by atoms with Crippen molar-refractivity contribution in [2.75, 3.05) is 26.3 Å². The van der Waals surface area contributed by atoms with Crippen LogP contribution >= 0.6 is 11.6 Å². The van der Waals surface area contributed by atoms with Gasteiger partial charge >= 0.3 is 0 Å². The van der Waals surface area contributed by atoms with E-state index >= 15 is 0 Å². The number of Topliss-reactive ketones (excluding diaryl/α,β-unsaturated/α-hetero) is 1. The number of aromatic amines is 1. The van der Waals surface area contributed by atoms with E-state index < -0.39 is 6.10 Å². The fourth-order valence-corrected chi connectivity index (χ4v) is 4.29. The number of ketones is 1. The molecule has 0 bridgehead atoms. The average molecular weight is 418 g/mol. The zero-order valence-corrected chi connectivity index (χ0v) is 16.7. The van der Waals surface area contributed by atoms with Crippen molar-refractivity contribution in [3.63, 3.8) is 0 Å². The smallest absolute Gasteiger partial charge is 0.166 e. The molecule has 1 aromatic heterocycles. The van der Waals surface area contributed by atoms with Gasteiger partial charge in [-0.25, -0.2) is 5.10 Å². The summed E-state index contributed by atoms with van der Waals surface area (Å²) in [7, 11) is 0. The normalized spacial score (nSPS) is 28.2. The van der Waals surface area contributed by atoms with Crippen molar-refractivity contribution in [1.82, 2.24) is 25.9 Å². The van der Waals surface area contributed by atoms with Gasteiger partial charge in [0.05, 0.1) is 19.3 Å². The molecule has 2 N–H and O–H groups in total. The van der Waals surface area contributed by atoms with Crippen LogP contribution in [0.5, 0.6) is 0 Å². The third-order valence-corrected chi connectivity index (χ3v) is 5.75. The number of tetrazole rings is 1. The Kier molecular flexibility index (Phi) is 6.66. The van der Waals surface area contributed by atoms with Crippen LogP contribution in [0.4, 0.5) is 0 Å². The summed E-state index contributed by atoms with van der Waals surface area (Å²) in [6, 6.07) is 10.1. The molecule has 0 saturated carbocycles. The van der Waals surface area contributed by atoms with E-state index in [9.17, 15) is 4.79 Å². The molecule has 2 aliphatic rings. The Morgan fingerprint density at radius 2 is 2.14 bits per heavy atom. The quantitative estimate of drug-likeness (QED) is 0.688. The van der Waals surface area contributed by atoms with E-state index in [1.807, 2.05) is 18.2 Å². The number of benzene rings is 1. The maximum Gasteiger partial charge on any atom is 0.166 e. The molecule has 9 heteroatoms. The zero-order chi connectivity index (χ0) is 20.1. The van der Waals surface area contributed by atoms with Crippen LogP contribution in [0, 0.1) is 5.92 Å². The van der Waals surface area contributed by atoms with Crippen molar-refractivity contribution >= 4 is 17.4 Å². The molecular weight excluding hydrogens is 394 g/mol. The van der Waals surface area contributed by atoms with Gasteiger partial charge in [0.15, 0.2) is 11.6 Å². The van der Waals surface area contributed by atoms with Crippen LogP contribution in [0.15, 0.2) is 41.4 Å². The van der Waals surface area contributed by atoms with Crippen LogP contribution < -0.4 is 5.32 Å². The first-order valence-corrected chi connectivity index (χ1v) is 10.3. The molecule has 4 rings (SSSR count). The maximum atomic E-state index is 13.4. The molecule has 154 valence electrons. The number of piperidine rings is 1. The van der Waals surface area contributed by atoms with Crippen molar-refractivity contribution in [3.8, 4) is 0 Å². The highest BCUT2D eigenvalue weighted by Crippen LogP contribution is 2.32. The molecule has 29 heavy (non-hydrogen) atoms. The van der Waals surface area contributed by atoms with Gasteiger partial charge in [-0.15, -0.1) is 5.10 Å². The Balaban J connectivity index is 1.46. The van der Waals surface area contributed by atoms with Gasteiger partial charge in [-0.3, -0.25) is 4.79 Å². The molecule has 2 aromatic rings. The summed E-state index contributed by atoms with van der Waals surface area (Å²) in [4.78, 5) is 13.4. The average Bonchev–Trinajstić information content (AvgIpc) is 3.30. The van der Waals surface area contributed by atoms with E-state index in [-0.39, 0.29) is 23.7 Å². The van der Waals surface area contributed by atoms with Crippen molar-refractivity contribution in [2.45, 2.75) is 31.0 Å². The van der Waals surface area contributed by atoms with E-state index in [0.717, 1.165) is 13.0 Å². The molecule has 0 spiro atoms. The summed E-state index contributed by atoms with van der Waals surface area (Å²) in [6.07, 6.45) is 0.795. The van der Waals surface area contributed by atoms with Crippen molar-refractivity contribution in [1.29, 1.82) is 0 Å². The second kappa shape index (κ2) is 9.58. The predicted molar refractivity (Wildman–Crippen MR) is 106 cm³/mol. The van der Waals surface area contributed by atoms with E-state index in [4.69, 9.17) is 21.1 Å². The number of carbonyl (C=O) groups excluding carboxylic acids is 1. The molecule has 3 heterocycles. The lowest BCUT2D eigenvalue weighted by molar-refractivity contribution is -0.136. The van der Waals surface area contributed by atoms with E-state index in [0.29, 0.717) is 37.6 Å². The number of aromatic nitrogens is 4. The molecule has 0 radical (unpaired) electrons. The van der Waals surface area contributed by atoms with E-state index in [2.05, 4.69) is 38.1 Å². The van der Waals surface area contributed by atoms with Gasteiger partial charge in [-0.1, -0.05) is 41.9 Å². The Hall–Kier alpha value is -2.13. The number of hydrogen-bond donors (Lipinski definition) is 2. The summed E-state index contributed by atoms with van der Waals surface area (Å²) in [6.45, 7) is 2.19. The van der Waals surface area contributed by atoms with Gasteiger partial charge in [0.1, 0.15) is 6.10 Å². The lowest BCUT2D eigenvalue weighted by Crippen LogP contribution is -2.44. The number of nitrogens with zero attached hydrogens (tertiary/aromatic N) is 3. The molecule has 0 aliphatic carbocycles. The van der Waals surface area contributed by atoms with Crippen LogP contribution in [0.25, 0.3) is 0 Å². The Labute approximate surface area is 174 Å². The molecule has 2 aliphatic heterocycles. The Morgan fingerprint density at radius 1 is 1.28 bits per heavy atom. The number of carbonyl (C=O) groups is 1. The van der Waals surface area contributed by atoms with E-state index in [1.54, 1.807) is 0 Å². The first-order chi connectivity index (χ1) is 14.3. The van der Waals surface area contributed by atoms with E-state index in [1.165, 1.54) is 11.1 Å². The minimum absolute atomic E-state index is 0.0307. The number of ether oxygens (including phenoxy) is 2. The second-order valence-electron chi connectivity index (χ2n) is 7.39. The number of halogens is 1. The largest absolute Gasteiger partial charge is 0.376 e. The van der Waals surface area contributed by atoms with Gasteiger partial charge in [0, 0.05) is 35.9 Å². The molecule has 2 saturated heterocycles. The maximum absolute atomic E-state index is 13.4. The monoisotopic (exact) mass is 417 g/mol. The van der Waals surface area contributed by atoms with Crippen LogP contribution in [-0.2, 0) is 20.7 Å². The fraction of sp³-hybridized carbons (Fsp3) is 0.500. The third kappa shape index (κ3) is 4.72. The highest BCUT2D eigenvalue weighted by molar-refractivity contribution is 6.28. The minimum atomic E-state index is -0.481. The third-order valence-electron chi connectivity index (χ3n) is 5.52. The number of H-pyrrole nitrogens is 1. The Bertz CT molecular complexity index is 830. The lowest BCUT2D eigenvalue weighted by Gasteiger charge is -2.34. The molecule has 0 amide bonds. The van der Waals surface area contributed by atoms with Crippen LogP contribution in [0.1, 0.15) is 23.7 Å². The molecule has 8 nitrogen and oxygen atoms in total. The van der Waals surface area contributed by atoms with Gasteiger partial charge in [-0.2, -0.15) is 0 Å². The first kappa shape index (κ1) is 20.2. The van der Waals surface area contributed by atoms with Crippen molar-refractivity contribution in [2.24, 2.45) is 5.92 Å². The number of rotatable bonds is 6. The predicted octanol–water partition coefficient (Wildman–Crippen LogP) is 1.61. The minimum Gasteiger partial charge on any atom is -0.376 e. The fourth-order valence-electron chi connectivity index (χ4n) is 4.04. The Morgan fingerprint density at radius 3 is 2.90 bits per heavy atom. The van der Waals surface area contributed by atoms with Crippen molar-refractivity contribution in [3.05, 3.63) is 52.8 Å². The van der Waals surface area contributed by atoms with Crippen molar-refractivity contribution < 1.29 is 14.3 Å². The highest BCUT2D eigenvalue weighted by Gasteiger charge is 2.39. The summed E-state index contributed by atoms with van der Waals surface area (Å²) >= 11 is 6.11. The standard InChI is InChI=1S/C20H24ClN5O3/c21-9-16(18-12-28-11-14(29-18)8-13-4-2-1-3-5-13)19(27)15-6-7-22-10-17(15)20-23-25-26-24-20/h1-5,9,14-15,17-18,22H,6-8,10-12H2,(H,23,24,25,26)/b16-9+. The number of hydrogen-bond acceptors (Lipinski definition) is 7.